The highest BCUT2D eigenvalue weighted by Crippen LogP contribution is 2.29. The van der Waals surface area contributed by atoms with Gasteiger partial charge in [0.05, 0.1) is 0 Å². The molecule has 68 valence electrons. The fourth-order valence-electron chi connectivity index (χ4n) is 0.687. The van der Waals surface area contributed by atoms with Crippen LogP contribution in [-0.2, 0) is 4.79 Å². The normalized spacial score (nSPS) is 12.2. The molecule has 13 heavy (non-hydrogen) atoms. The molecule has 0 saturated heterocycles. The minimum atomic E-state index is -1.37. The summed E-state index contributed by atoms with van der Waals surface area (Å²) in [4.78, 5) is 10.4. The maximum Gasteiger partial charge on any atom is 0.205 e. The van der Waals surface area contributed by atoms with Crippen LogP contribution < -0.4 is 0 Å². The lowest BCUT2D eigenvalue weighted by molar-refractivity contribution is -0.106. The number of carbonyl (C=O) groups excluding carboxylic acids is 1. The number of halogens is 2. The van der Waals surface area contributed by atoms with E-state index in [4.69, 9.17) is 0 Å². The van der Waals surface area contributed by atoms with E-state index in [1.165, 1.54) is 0 Å². The van der Waals surface area contributed by atoms with Crippen LogP contribution in [-0.4, -0.2) is 6.29 Å². The Morgan fingerprint density at radius 3 is 2.38 bits per heavy atom. The summed E-state index contributed by atoms with van der Waals surface area (Å²) >= 11 is 0.583. The summed E-state index contributed by atoms with van der Waals surface area (Å²) in [6.45, 7) is 0. The maximum atomic E-state index is 12.7. The molecule has 1 aromatic carbocycles. The van der Waals surface area contributed by atoms with Crippen LogP contribution in [0.5, 0.6) is 0 Å². The number of rotatable bonds is 3. The Morgan fingerprint density at radius 1 is 1.23 bits per heavy atom. The van der Waals surface area contributed by atoms with Gasteiger partial charge in [0.15, 0.2) is 11.4 Å². The summed E-state index contributed by atoms with van der Waals surface area (Å²) in [6.07, 6.45) is -0.148. The van der Waals surface area contributed by atoms with Crippen molar-refractivity contribution in [3.05, 3.63) is 41.3 Å². The average molecular weight is 200 g/mol. The van der Waals surface area contributed by atoms with E-state index in [0.29, 0.717) is 16.7 Å². The highest BCUT2D eigenvalue weighted by atomic mass is 32.2. The molecule has 0 aliphatic heterocycles. The number of allylic oxidation sites excluding steroid dienone is 1. The highest BCUT2D eigenvalue weighted by Gasteiger charge is 2.06. The molecule has 0 aliphatic rings. The molecular formula is C9H6F2OS. The van der Waals surface area contributed by atoms with Gasteiger partial charge >= 0.3 is 0 Å². The lowest BCUT2D eigenvalue weighted by atomic mass is 10.4. The topological polar surface area (TPSA) is 17.1 Å². The minimum absolute atomic E-state index is 0.148. The molecule has 0 atom stereocenters. The zero-order chi connectivity index (χ0) is 9.68. The van der Waals surface area contributed by atoms with Crippen LogP contribution in [0.15, 0.2) is 46.2 Å². The van der Waals surface area contributed by atoms with Crippen LogP contribution in [0.4, 0.5) is 8.78 Å². The summed E-state index contributed by atoms with van der Waals surface area (Å²) in [5, 5.41) is -1.11. The van der Waals surface area contributed by atoms with Gasteiger partial charge in [0.1, 0.15) is 0 Å². The van der Waals surface area contributed by atoms with Crippen molar-refractivity contribution in [2.75, 3.05) is 0 Å². The van der Waals surface area contributed by atoms with E-state index in [1.807, 2.05) is 0 Å². The van der Waals surface area contributed by atoms with Gasteiger partial charge in [0.25, 0.3) is 0 Å². The smallest absolute Gasteiger partial charge is 0.205 e. The van der Waals surface area contributed by atoms with Crippen molar-refractivity contribution in [3.8, 4) is 0 Å². The molecule has 4 heteroatoms. The van der Waals surface area contributed by atoms with E-state index in [9.17, 15) is 13.6 Å². The number of carbonyl (C=O) groups is 1. The molecule has 0 fully saturated rings. The minimum Gasteiger partial charge on any atom is -0.295 e. The van der Waals surface area contributed by atoms with Gasteiger partial charge in [-0.2, -0.15) is 8.78 Å². The number of thioether (sulfide) groups is 1. The van der Waals surface area contributed by atoms with Crippen LogP contribution in [0, 0.1) is 0 Å². The number of hydrogen-bond acceptors (Lipinski definition) is 2. The number of aldehydes is 1. The Hall–Kier alpha value is -1.16. The van der Waals surface area contributed by atoms with Gasteiger partial charge in [-0.3, -0.25) is 4.79 Å². The summed E-state index contributed by atoms with van der Waals surface area (Å²) in [7, 11) is 0. The van der Waals surface area contributed by atoms with E-state index >= 15 is 0 Å². The van der Waals surface area contributed by atoms with Crippen molar-refractivity contribution < 1.29 is 13.6 Å². The monoisotopic (exact) mass is 200 g/mol. The molecule has 0 aliphatic carbocycles. The lowest BCUT2D eigenvalue weighted by Crippen LogP contribution is -1.78. The van der Waals surface area contributed by atoms with Crippen molar-refractivity contribution in [2.45, 2.75) is 4.90 Å². The fraction of sp³-hybridized carbons (Fsp3) is 0. The molecule has 0 unspecified atom stereocenters. The van der Waals surface area contributed by atoms with Crippen molar-refractivity contribution in [1.82, 2.24) is 0 Å². The van der Waals surface area contributed by atoms with Crippen LogP contribution in [0.3, 0.4) is 0 Å². The van der Waals surface area contributed by atoms with Gasteiger partial charge in [-0.05, 0) is 12.1 Å². The zero-order valence-electron chi connectivity index (χ0n) is 6.54. The molecule has 0 bridgehead atoms. The Bertz CT molecular complexity index is 322. The van der Waals surface area contributed by atoms with E-state index in [-0.39, 0.29) is 6.29 Å². The molecule has 0 saturated carbocycles. The lowest BCUT2D eigenvalue weighted by Gasteiger charge is -1.96. The standard InChI is InChI=1S/C9H6F2OS/c10-8(6-12)9(11)13-7-4-2-1-3-5-7/h1-6H. The third kappa shape index (κ3) is 2.99. The average Bonchev–Trinajstić information content (AvgIpc) is 2.18. The van der Waals surface area contributed by atoms with E-state index in [2.05, 4.69) is 0 Å². The van der Waals surface area contributed by atoms with Crippen LogP contribution >= 0.6 is 11.8 Å². The Labute approximate surface area is 78.5 Å². The molecule has 0 spiro atoms. The van der Waals surface area contributed by atoms with Crippen molar-refractivity contribution in [2.24, 2.45) is 0 Å². The predicted molar refractivity (Wildman–Crippen MR) is 47.6 cm³/mol. The van der Waals surface area contributed by atoms with Crippen LogP contribution in [0.2, 0.25) is 0 Å². The van der Waals surface area contributed by atoms with Gasteiger partial charge in [-0.25, -0.2) is 0 Å². The zero-order valence-corrected chi connectivity index (χ0v) is 7.35. The third-order valence-corrected chi connectivity index (χ3v) is 2.12. The first-order valence-corrected chi connectivity index (χ1v) is 4.29. The Balaban J connectivity index is 2.76. The van der Waals surface area contributed by atoms with Gasteiger partial charge in [-0.1, -0.05) is 30.0 Å². The predicted octanol–water partition coefficient (Wildman–Crippen LogP) is 3.09. The molecule has 1 aromatic rings. The number of hydrogen-bond donors (Lipinski definition) is 0. The Morgan fingerprint density at radius 2 is 1.85 bits per heavy atom. The van der Waals surface area contributed by atoms with Crippen LogP contribution in [0.25, 0.3) is 0 Å². The second-order valence-corrected chi connectivity index (χ2v) is 3.19. The molecule has 0 radical (unpaired) electrons. The van der Waals surface area contributed by atoms with E-state index in [1.54, 1.807) is 30.3 Å². The molecular weight excluding hydrogens is 194 g/mol. The summed E-state index contributed by atoms with van der Waals surface area (Å²) < 4.78 is 25.0. The summed E-state index contributed by atoms with van der Waals surface area (Å²) in [5.41, 5.74) is 0. The second-order valence-electron chi connectivity index (χ2n) is 2.15. The number of benzene rings is 1. The molecule has 0 amide bonds. The highest BCUT2D eigenvalue weighted by molar-refractivity contribution is 8.02. The maximum absolute atomic E-state index is 12.7. The third-order valence-electron chi connectivity index (χ3n) is 1.24. The van der Waals surface area contributed by atoms with Crippen molar-refractivity contribution in [1.29, 1.82) is 0 Å². The fourth-order valence-corrected chi connectivity index (χ4v) is 1.33. The van der Waals surface area contributed by atoms with E-state index < -0.39 is 11.0 Å². The molecule has 1 nitrogen and oxygen atoms in total. The van der Waals surface area contributed by atoms with Crippen LogP contribution in [0.1, 0.15) is 0 Å². The summed E-state index contributed by atoms with van der Waals surface area (Å²) in [5.74, 6) is -1.37. The molecule has 0 N–H and O–H groups in total. The van der Waals surface area contributed by atoms with Crippen molar-refractivity contribution in [3.63, 3.8) is 0 Å². The first-order chi connectivity index (χ1) is 6.24. The van der Waals surface area contributed by atoms with Gasteiger partial charge in [0.2, 0.25) is 5.83 Å². The largest absolute Gasteiger partial charge is 0.295 e. The quantitative estimate of drug-likeness (QED) is 0.423. The van der Waals surface area contributed by atoms with Gasteiger partial charge < -0.3 is 0 Å². The second kappa shape index (κ2) is 4.77. The summed E-state index contributed by atoms with van der Waals surface area (Å²) in [6, 6.07) is 8.43. The van der Waals surface area contributed by atoms with Gasteiger partial charge in [-0.15, -0.1) is 0 Å². The molecule has 0 heterocycles. The van der Waals surface area contributed by atoms with Gasteiger partial charge in [0, 0.05) is 4.90 Å². The SMILES string of the molecule is O=CC(F)=C(F)Sc1ccccc1. The Kier molecular flexibility index (Phi) is 3.64. The first-order valence-electron chi connectivity index (χ1n) is 3.47. The first kappa shape index (κ1) is 9.92. The van der Waals surface area contributed by atoms with Crippen molar-refractivity contribution >= 4 is 18.0 Å². The molecule has 1 rings (SSSR count). The van der Waals surface area contributed by atoms with E-state index in [0.717, 1.165) is 0 Å². The molecule has 0 aromatic heterocycles.